The second kappa shape index (κ2) is 7.47. The molecule has 0 aliphatic carbocycles. The number of amides is 1. The van der Waals surface area contributed by atoms with Crippen LogP contribution < -0.4 is 4.90 Å². The summed E-state index contributed by atoms with van der Waals surface area (Å²) in [5.74, 6) is -0.0421. The zero-order chi connectivity index (χ0) is 20.7. The number of halogens is 1. The van der Waals surface area contributed by atoms with Gasteiger partial charge in [-0.2, -0.15) is 5.10 Å². The van der Waals surface area contributed by atoms with Crippen LogP contribution in [0.15, 0.2) is 85.1 Å². The SMILES string of the molecule is CC1Cc2ccccc2N1C(=O)c1cn(-c2ccccc2)nc1-c1ccc(Cl)cc1. The molecule has 1 aliphatic heterocycles. The van der Waals surface area contributed by atoms with Crippen LogP contribution in [0.5, 0.6) is 0 Å². The first-order chi connectivity index (χ1) is 14.6. The largest absolute Gasteiger partial charge is 0.305 e. The van der Waals surface area contributed by atoms with Crippen LogP contribution in [-0.2, 0) is 6.42 Å². The Morgan fingerprint density at radius 3 is 2.43 bits per heavy atom. The zero-order valence-electron chi connectivity index (χ0n) is 16.5. The van der Waals surface area contributed by atoms with Crippen molar-refractivity contribution in [2.75, 3.05) is 4.90 Å². The van der Waals surface area contributed by atoms with Gasteiger partial charge in [-0.3, -0.25) is 4.79 Å². The van der Waals surface area contributed by atoms with E-state index >= 15 is 0 Å². The van der Waals surface area contributed by atoms with Gasteiger partial charge in [0.25, 0.3) is 5.91 Å². The number of nitrogens with zero attached hydrogens (tertiary/aromatic N) is 3. The van der Waals surface area contributed by atoms with Gasteiger partial charge >= 0.3 is 0 Å². The van der Waals surface area contributed by atoms with Gasteiger partial charge < -0.3 is 4.90 Å². The maximum atomic E-state index is 13.8. The lowest BCUT2D eigenvalue weighted by atomic mass is 10.1. The van der Waals surface area contributed by atoms with E-state index in [1.165, 1.54) is 5.56 Å². The lowest BCUT2D eigenvalue weighted by molar-refractivity contribution is 0.0982. The van der Waals surface area contributed by atoms with Crippen LogP contribution in [0, 0.1) is 0 Å². The van der Waals surface area contributed by atoms with E-state index in [4.69, 9.17) is 16.7 Å². The summed E-state index contributed by atoms with van der Waals surface area (Å²) in [6.07, 6.45) is 2.68. The number of carbonyl (C=O) groups excluding carboxylic acids is 1. The Kier molecular flexibility index (Phi) is 4.64. The minimum atomic E-state index is -0.0421. The molecule has 4 nitrogen and oxygen atoms in total. The number of benzene rings is 3. The number of anilines is 1. The van der Waals surface area contributed by atoms with Gasteiger partial charge in [0, 0.05) is 28.5 Å². The van der Waals surface area contributed by atoms with Gasteiger partial charge in [-0.25, -0.2) is 4.68 Å². The van der Waals surface area contributed by atoms with Crippen LogP contribution in [0.25, 0.3) is 16.9 Å². The third-order valence-corrected chi connectivity index (χ3v) is 5.76. The summed E-state index contributed by atoms with van der Waals surface area (Å²) in [4.78, 5) is 15.7. The van der Waals surface area contributed by atoms with Gasteiger partial charge in [0.2, 0.25) is 0 Å². The number of fused-ring (bicyclic) bond motifs is 1. The van der Waals surface area contributed by atoms with Gasteiger partial charge in [0.1, 0.15) is 5.69 Å². The van der Waals surface area contributed by atoms with Crippen molar-refractivity contribution in [3.63, 3.8) is 0 Å². The Labute approximate surface area is 180 Å². The Morgan fingerprint density at radius 2 is 1.67 bits per heavy atom. The third kappa shape index (κ3) is 3.19. The lowest BCUT2D eigenvalue weighted by Gasteiger charge is -2.22. The molecule has 1 aromatic heterocycles. The summed E-state index contributed by atoms with van der Waals surface area (Å²) in [6, 6.07) is 25.5. The summed E-state index contributed by atoms with van der Waals surface area (Å²) in [6.45, 7) is 2.08. The fourth-order valence-corrected chi connectivity index (χ4v) is 4.20. The number of aromatic nitrogens is 2. The van der Waals surface area contributed by atoms with Crippen molar-refractivity contribution in [3.05, 3.63) is 101 Å². The molecule has 1 amide bonds. The number of para-hydroxylation sites is 2. The number of hydrogen-bond acceptors (Lipinski definition) is 2. The molecule has 2 heterocycles. The maximum absolute atomic E-state index is 13.8. The quantitative estimate of drug-likeness (QED) is 0.426. The highest BCUT2D eigenvalue weighted by Gasteiger charge is 2.33. The van der Waals surface area contributed by atoms with Gasteiger partial charge in [-0.1, -0.05) is 60.1 Å². The summed E-state index contributed by atoms with van der Waals surface area (Å²) in [7, 11) is 0. The summed E-state index contributed by atoms with van der Waals surface area (Å²) in [5, 5.41) is 5.43. The Balaban J connectivity index is 1.64. The molecular weight excluding hydrogens is 394 g/mol. The monoisotopic (exact) mass is 413 g/mol. The highest BCUT2D eigenvalue weighted by atomic mass is 35.5. The molecule has 0 saturated carbocycles. The first kappa shape index (κ1) is 18.6. The average molecular weight is 414 g/mol. The Morgan fingerprint density at radius 1 is 0.967 bits per heavy atom. The van der Waals surface area contributed by atoms with Crippen molar-refractivity contribution in [3.8, 4) is 16.9 Å². The molecule has 4 aromatic rings. The van der Waals surface area contributed by atoms with Crippen LogP contribution in [0.3, 0.4) is 0 Å². The molecule has 148 valence electrons. The van der Waals surface area contributed by atoms with E-state index in [0.29, 0.717) is 16.3 Å². The smallest absolute Gasteiger partial charge is 0.262 e. The number of carbonyl (C=O) groups is 1. The minimum Gasteiger partial charge on any atom is -0.305 e. The number of rotatable bonds is 3. The second-order valence-corrected chi connectivity index (χ2v) is 7.97. The predicted octanol–water partition coefficient (Wildman–Crippen LogP) is 5.78. The van der Waals surface area contributed by atoms with Crippen LogP contribution >= 0.6 is 11.6 Å². The molecule has 1 atom stereocenters. The molecule has 0 saturated heterocycles. The summed E-state index contributed by atoms with van der Waals surface area (Å²) >= 11 is 6.08. The van der Waals surface area contributed by atoms with Crippen molar-refractivity contribution in [2.45, 2.75) is 19.4 Å². The van der Waals surface area contributed by atoms with Gasteiger partial charge in [0.05, 0.1) is 11.3 Å². The molecule has 0 N–H and O–H groups in total. The van der Waals surface area contributed by atoms with Gasteiger partial charge in [-0.05, 0) is 49.2 Å². The maximum Gasteiger partial charge on any atom is 0.262 e. The molecule has 0 radical (unpaired) electrons. The van der Waals surface area contributed by atoms with Crippen molar-refractivity contribution >= 4 is 23.2 Å². The van der Waals surface area contributed by atoms with Crippen molar-refractivity contribution < 1.29 is 4.79 Å². The topological polar surface area (TPSA) is 38.1 Å². The average Bonchev–Trinajstić information content (AvgIpc) is 3.35. The van der Waals surface area contributed by atoms with E-state index in [9.17, 15) is 4.79 Å². The molecule has 5 rings (SSSR count). The predicted molar refractivity (Wildman–Crippen MR) is 120 cm³/mol. The van der Waals surface area contributed by atoms with Crippen LogP contribution in [0.4, 0.5) is 5.69 Å². The van der Waals surface area contributed by atoms with Crippen LogP contribution in [0.1, 0.15) is 22.8 Å². The molecule has 5 heteroatoms. The normalized spacial score (nSPS) is 15.3. The molecular formula is C25H20ClN3O. The molecule has 3 aromatic carbocycles. The van der Waals surface area contributed by atoms with Crippen molar-refractivity contribution in [1.29, 1.82) is 0 Å². The molecule has 30 heavy (non-hydrogen) atoms. The summed E-state index contributed by atoms with van der Waals surface area (Å²) < 4.78 is 1.77. The van der Waals surface area contributed by atoms with Crippen LogP contribution in [0.2, 0.25) is 5.02 Å². The fraction of sp³-hybridized carbons (Fsp3) is 0.120. The lowest BCUT2D eigenvalue weighted by Crippen LogP contribution is -2.35. The Bertz CT molecular complexity index is 1210. The third-order valence-electron chi connectivity index (χ3n) is 5.51. The Hall–Kier alpha value is -3.37. The van der Waals surface area contributed by atoms with E-state index in [-0.39, 0.29) is 11.9 Å². The first-order valence-corrected chi connectivity index (χ1v) is 10.3. The van der Waals surface area contributed by atoms with Crippen LogP contribution in [-0.4, -0.2) is 21.7 Å². The van der Waals surface area contributed by atoms with Crippen molar-refractivity contribution in [2.24, 2.45) is 0 Å². The standard InChI is InChI=1S/C25H20ClN3O/c1-17-15-19-7-5-6-10-23(19)29(17)25(30)22-16-28(21-8-3-2-4-9-21)27-24(22)18-11-13-20(26)14-12-18/h2-14,16-17H,15H2,1H3. The van der Waals surface area contributed by atoms with E-state index < -0.39 is 0 Å². The molecule has 0 fully saturated rings. The molecule has 0 spiro atoms. The molecule has 1 aliphatic rings. The number of hydrogen-bond donors (Lipinski definition) is 0. The van der Waals surface area contributed by atoms with Gasteiger partial charge in [0.15, 0.2) is 0 Å². The minimum absolute atomic E-state index is 0.0421. The second-order valence-electron chi connectivity index (χ2n) is 7.54. The van der Waals surface area contributed by atoms with E-state index in [1.807, 2.05) is 83.9 Å². The van der Waals surface area contributed by atoms with E-state index in [1.54, 1.807) is 4.68 Å². The molecule has 0 bridgehead atoms. The van der Waals surface area contributed by atoms with Crippen molar-refractivity contribution in [1.82, 2.24) is 9.78 Å². The van der Waals surface area contributed by atoms with E-state index in [0.717, 1.165) is 23.4 Å². The highest BCUT2D eigenvalue weighted by Crippen LogP contribution is 2.35. The zero-order valence-corrected chi connectivity index (χ0v) is 17.3. The molecule has 1 unspecified atom stereocenters. The van der Waals surface area contributed by atoms with Gasteiger partial charge in [-0.15, -0.1) is 0 Å². The van der Waals surface area contributed by atoms with E-state index in [2.05, 4.69) is 13.0 Å². The summed E-state index contributed by atoms with van der Waals surface area (Å²) in [5.41, 5.74) is 5.16. The fourth-order valence-electron chi connectivity index (χ4n) is 4.07. The first-order valence-electron chi connectivity index (χ1n) is 9.94. The highest BCUT2D eigenvalue weighted by molar-refractivity contribution is 6.30.